The van der Waals surface area contributed by atoms with E-state index in [2.05, 4.69) is 22.7 Å². The Morgan fingerprint density at radius 2 is 1.73 bits per heavy atom. The molecule has 4 rings (SSSR count). The minimum atomic E-state index is -3.98. The Balaban J connectivity index is 1.44. The molecule has 1 N–H and O–H groups in total. The van der Waals surface area contributed by atoms with Crippen molar-refractivity contribution in [1.29, 1.82) is 0 Å². The number of likely N-dealkylation sites (N-methyl/N-ethyl adjacent to an activating group) is 1. The third-order valence-corrected chi connectivity index (χ3v) is 8.57. The van der Waals surface area contributed by atoms with Crippen LogP contribution in [0, 0.1) is 0 Å². The van der Waals surface area contributed by atoms with Gasteiger partial charge in [0.15, 0.2) is 0 Å². The Bertz CT molecular complexity index is 1440. The molecule has 37 heavy (non-hydrogen) atoms. The number of nitrogens with one attached hydrogen (secondary N) is 1. The number of hydrogen-bond donors (Lipinski definition) is 2. The van der Waals surface area contributed by atoms with Gasteiger partial charge in [-0.2, -0.15) is 16.9 Å². The molecule has 1 aliphatic rings. The van der Waals surface area contributed by atoms with Crippen molar-refractivity contribution in [2.75, 3.05) is 32.1 Å². The highest BCUT2D eigenvalue weighted by Gasteiger charge is 2.43. The summed E-state index contributed by atoms with van der Waals surface area (Å²) < 4.78 is 32.8. The van der Waals surface area contributed by atoms with Gasteiger partial charge in [-0.1, -0.05) is 30.3 Å². The fourth-order valence-corrected chi connectivity index (χ4v) is 6.40. The second-order valence-electron chi connectivity index (χ2n) is 8.70. The molecule has 1 aliphatic heterocycles. The van der Waals surface area contributed by atoms with E-state index in [9.17, 15) is 22.8 Å². The number of rotatable bonds is 7. The number of ether oxygens (including phenoxy) is 1. The van der Waals surface area contributed by atoms with Gasteiger partial charge in [0.2, 0.25) is 21.8 Å². The third-order valence-electron chi connectivity index (χ3n) is 6.33. The van der Waals surface area contributed by atoms with Crippen molar-refractivity contribution in [3.8, 4) is 0 Å². The first kappa shape index (κ1) is 26.6. The quantitative estimate of drug-likeness (QED) is 0.351. The summed E-state index contributed by atoms with van der Waals surface area (Å²) in [6, 6.07) is 17.5. The Morgan fingerprint density at radius 3 is 2.41 bits per heavy atom. The van der Waals surface area contributed by atoms with Crippen LogP contribution in [-0.2, 0) is 24.3 Å². The second kappa shape index (κ2) is 10.9. The van der Waals surface area contributed by atoms with E-state index in [0.717, 1.165) is 15.1 Å². The summed E-state index contributed by atoms with van der Waals surface area (Å²) in [5.41, 5.74) is 0.861. The van der Waals surface area contributed by atoms with Gasteiger partial charge in [-0.3, -0.25) is 9.59 Å². The van der Waals surface area contributed by atoms with Crippen LogP contribution >= 0.6 is 12.6 Å². The SMILES string of the molecule is COC(=O)c1ccc(N(C)C(=O)CNC(=O)C2CC(S)CN2S(=O)(=O)c2ccc3ccccc3c2)cc1. The molecule has 2 amide bonds. The first-order valence-electron chi connectivity index (χ1n) is 11.5. The fourth-order valence-electron chi connectivity index (χ4n) is 4.23. The van der Waals surface area contributed by atoms with Crippen molar-refractivity contribution in [2.24, 2.45) is 0 Å². The number of carbonyl (C=O) groups is 3. The second-order valence-corrected chi connectivity index (χ2v) is 11.3. The van der Waals surface area contributed by atoms with Gasteiger partial charge in [0.05, 0.1) is 24.1 Å². The molecule has 0 radical (unpaired) electrons. The summed E-state index contributed by atoms with van der Waals surface area (Å²) in [6.07, 6.45) is 0.223. The Morgan fingerprint density at radius 1 is 1.05 bits per heavy atom. The molecule has 9 nitrogen and oxygen atoms in total. The number of anilines is 1. The lowest BCUT2D eigenvalue weighted by atomic mass is 10.1. The molecule has 1 saturated heterocycles. The van der Waals surface area contributed by atoms with Gasteiger partial charge in [-0.25, -0.2) is 13.2 Å². The van der Waals surface area contributed by atoms with E-state index < -0.39 is 33.8 Å². The number of esters is 1. The van der Waals surface area contributed by atoms with Gasteiger partial charge in [-0.05, 0) is 53.6 Å². The minimum absolute atomic E-state index is 0.0801. The third kappa shape index (κ3) is 5.63. The number of fused-ring (bicyclic) bond motifs is 1. The van der Waals surface area contributed by atoms with Crippen LogP contribution < -0.4 is 10.2 Å². The number of nitrogens with zero attached hydrogens (tertiary/aromatic N) is 2. The summed E-state index contributed by atoms with van der Waals surface area (Å²) in [5.74, 6) is -1.47. The Hall–Kier alpha value is -3.41. The van der Waals surface area contributed by atoms with E-state index in [1.54, 1.807) is 24.3 Å². The van der Waals surface area contributed by atoms with Crippen LogP contribution in [0.2, 0.25) is 0 Å². The molecular formula is C26H27N3O6S2. The Kier molecular flexibility index (Phi) is 7.86. The molecule has 1 heterocycles. The van der Waals surface area contributed by atoms with E-state index in [0.29, 0.717) is 11.3 Å². The molecule has 0 saturated carbocycles. The largest absolute Gasteiger partial charge is 0.465 e. The number of amides is 2. The minimum Gasteiger partial charge on any atom is -0.465 e. The summed E-state index contributed by atoms with van der Waals surface area (Å²) in [6.45, 7) is -0.248. The maximum atomic E-state index is 13.5. The standard InChI is InChI=1S/C26H27N3O6S2/c1-28(20-10-7-18(8-11-20)26(32)35-2)24(30)15-27-25(31)23-14-21(36)16-29(23)37(33,34)22-12-9-17-5-3-4-6-19(17)13-22/h3-13,21,23,36H,14-16H2,1-2H3,(H,27,31). The van der Waals surface area contributed by atoms with E-state index in [1.165, 1.54) is 37.3 Å². The van der Waals surface area contributed by atoms with Crippen molar-refractivity contribution in [3.63, 3.8) is 0 Å². The van der Waals surface area contributed by atoms with Crippen LogP contribution in [0.1, 0.15) is 16.8 Å². The average Bonchev–Trinajstić information content (AvgIpc) is 3.33. The van der Waals surface area contributed by atoms with Gasteiger partial charge < -0.3 is 15.0 Å². The molecule has 11 heteroatoms. The summed E-state index contributed by atoms with van der Waals surface area (Å²) in [5, 5.41) is 3.94. The lowest BCUT2D eigenvalue weighted by Gasteiger charge is -2.24. The molecule has 194 valence electrons. The van der Waals surface area contributed by atoms with Crippen LogP contribution in [0.4, 0.5) is 5.69 Å². The number of thiol groups is 1. The van der Waals surface area contributed by atoms with E-state index in [-0.39, 0.29) is 29.7 Å². The molecule has 0 aromatic heterocycles. The maximum Gasteiger partial charge on any atom is 0.337 e. The molecule has 2 unspecified atom stereocenters. The van der Waals surface area contributed by atoms with Crippen molar-refractivity contribution < 1.29 is 27.5 Å². The van der Waals surface area contributed by atoms with E-state index >= 15 is 0 Å². The number of methoxy groups -OCH3 is 1. The van der Waals surface area contributed by atoms with Crippen LogP contribution in [-0.4, -0.2) is 69.0 Å². The average molecular weight is 542 g/mol. The predicted octanol–water partition coefficient (Wildman–Crippen LogP) is 2.47. The van der Waals surface area contributed by atoms with Gasteiger partial charge in [-0.15, -0.1) is 0 Å². The van der Waals surface area contributed by atoms with Crippen LogP contribution in [0.15, 0.2) is 71.6 Å². The maximum absolute atomic E-state index is 13.5. The molecule has 0 aliphatic carbocycles. The number of hydrogen-bond acceptors (Lipinski definition) is 7. The first-order valence-corrected chi connectivity index (χ1v) is 13.5. The highest BCUT2D eigenvalue weighted by molar-refractivity contribution is 7.89. The Labute approximate surface area is 220 Å². The van der Waals surface area contributed by atoms with Crippen LogP contribution in [0.3, 0.4) is 0 Å². The molecule has 3 aromatic carbocycles. The lowest BCUT2D eigenvalue weighted by Crippen LogP contribution is -2.48. The molecule has 3 aromatic rings. The van der Waals surface area contributed by atoms with Gasteiger partial charge in [0, 0.05) is 24.5 Å². The molecular weight excluding hydrogens is 514 g/mol. The molecule has 0 spiro atoms. The highest BCUT2D eigenvalue weighted by atomic mass is 32.2. The zero-order chi connectivity index (χ0) is 26.7. The lowest BCUT2D eigenvalue weighted by molar-refractivity contribution is -0.127. The first-order chi connectivity index (χ1) is 17.6. The normalized spacial score (nSPS) is 17.9. The van der Waals surface area contributed by atoms with E-state index in [1.807, 2.05) is 24.3 Å². The zero-order valence-electron chi connectivity index (χ0n) is 20.3. The van der Waals surface area contributed by atoms with Gasteiger partial charge >= 0.3 is 5.97 Å². The number of carbonyl (C=O) groups excluding carboxylic acids is 3. The monoisotopic (exact) mass is 541 g/mol. The molecule has 1 fully saturated rings. The van der Waals surface area contributed by atoms with Crippen molar-refractivity contribution >= 4 is 56.9 Å². The van der Waals surface area contributed by atoms with Crippen LogP contribution in [0.5, 0.6) is 0 Å². The summed E-state index contributed by atoms with van der Waals surface area (Å²) >= 11 is 4.43. The fraction of sp³-hybridized carbons (Fsp3) is 0.269. The smallest absolute Gasteiger partial charge is 0.337 e. The molecule has 0 bridgehead atoms. The predicted molar refractivity (Wildman–Crippen MR) is 143 cm³/mol. The number of benzene rings is 3. The molecule has 2 atom stereocenters. The van der Waals surface area contributed by atoms with Crippen molar-refractivity contribution in [3.05, 3.63) is 72.3 Å². The van der Waals surface area contributed by atoms with Crippen LogP contribution in [0.25, 0.3) is 10.8 Å². The highest BCUT2D eigenvalue weighted by Crippen LogP contribution is 2.30. The van der Waals surface area contributed by atoms with Gasteiger partial charge in [0.25, 0.3) is 0 Å². The van der Waals surface area contributed by atoms with Crippen molar-refractivity contribution in [2.45, 2.75) is 22.6 Å². The number of sulfonamides is 1. The zero-order valence-corrected chi connectivity index (χ0v) is 22.0. The van der Waals surface area contributed by atoms with Crippen molar-refractivity contribution in [1.82, 2.24) is 9.62 Å². The van der Waals surface area contributed by atoms with E-state index in [4.69, 9.17) is 0 Å². The summed E-state index contributed by atoms with van der Waals surface area (Å²) in [4.78, 5) is 38.8. The summed E-state index contributed by atoms with van der Waals surface area (Å²) in [7, 11) is -1.16. The van der Waals surface area contributed by atoms with Gasteiger partial charge in [0.1, 0.15) is 6.04 Å². The topological polar surface area (TPSA) is 113 Å².